The van der Waals surface area contributed by atoms with Crippen molar-refractivity contribution >= 4 is 22.8 Å². The highest BCUT2D eigenvalue weighted by Crippen LogP contribution is 2.33. The fraction of sp³-hybridized carbons (Fsp3) is 0.640. The van der Waals surface area contributed by atoms with E-state index in [2.05, 4.69) is 38.0 Å². The monoisotopic (exact) mass is 424 g/mol. The molecular formula is C25H36N4O2. The molecule has 31 heavy (non-hydrogen) atoms. The van der Waals surface area contributed by atoms with E-state index < -0.39 is 5.54 Å². The summed E-state index contributed by atoms with van der Waals surface area (Å²) in [5.74, 6) is 1.73. The molecule has 1 aromatic carbocycles. The number of aromatic nitrogens is 2. The first-order chi connectivity index (χ1) is 14.7. The van der Waals surface area contributed by atoms with Crippen LogP contribution in [0.25, 0.3) is 11.0 Å². The number of hydrogen-bond donors (Lipinski definition) is 1. The molecule has 2 aromatic rings. The summed E-state index contributed by atoms with van der Waals surface area (Å²) in [6, 6.07) is 7.95. The van der Waals surface area contributed by atoms with Crippen molar-refractivity contribution in [3.63, 3.8) is 0 Å². The van der Waals surface area contributed by atoms with Crippen molar-refractivity contribution in [2.45, 2.75) is 78.4 Å². The van der Waals surface area contributed by atoms with Gasteiger partial charge in [-0.25, -0.2) is 4.98 Å². The van der Waals surface area contributed by atoms with E-state index in [-0.39, 0.29) is 17.9 Å². The molecule has 1 aliphatic carbocycles. The first kappa shape index (κ1) is 21.8. The first-order valence-electron chi connectivity index (χ1n) is 11.8. The molecule has 1 aliphatic heterocycles. The zero-order valence-electron chi connectivity index (χ0n) is 19.5. The normalized spacial score (nSPS) is 28.8. The summed E-state index contributed by atoms with van der Waals surface area (Å²) in [5.41, 5.74) is 0.769. The lowest BCUT2D eigenvalue weighted by molar-refractivity contribution is -0.134. The van der Waals surface area contributed by atoms with Crippen molar-refractivity contribution < 1.29 is 9.59 Å². The van der Waals surface area contributed by atoms with Crippen molar-refractivity contribution in [1.82, 2.24) is 19.8 Å². The summed E-state index contributed by atoms with van der Waals surface area (Å²) in [6.45, 7) is 11.7. The molecule has 4 rings (SSSR count). The number of para-hydroxylation sites is 2. The summed E-state index contributed by atoms with van der Waals surface area (Å²) in [7, 11) is 0. The maximum Gasteiger partial charge on any atom is 0.290 e. The Kier molecular flexibility index (Phi) is 5.84. The number of carbonyl (C=O) groups excluding carboxylic acids is 2. The van der Waals surface area contributed by atoms with Crippen LogP contribution in [0.4, 0.5) is 0 Å². The van der Waals surface area contributed by atoms with Gasteiger partial charge in [-0.15, -0.1) is 0 Å². The van der Waals surface area contributed by atoms with Gasteiger partial charge < -0.3 is 14.8 Å². The summed E-state index contributed by atoms with van der Waals surface area (Å²) in [5, 5.41) is 3.35. The Bertz CT molecular complexity index is 981. The minimum absolute atomic E-state index is 0.0426. The first-order valence-corrected chi connectivity index (χ1v) is 11.8. The van der Waals surface area contributed by atoms with Crippen molar-refractivity contribution in [3.05, 3.63) is 30.1 Å². The molecule has 1 fully saturated rings. The molecule has 0 radical (unpaired) electrons. The van der Waals surface area contributed by atoms with E-state index in [4.69, 9.17) is 0 Å². The summed E-state index contributed by atoms with van der Waals surface area (Å²) in [4.78, 5) is 33.8. The SMILES string of the molecule is CC(C)CCN1C(=O)c2nc3ccccc3n2C[C@]1(C)C(=O)N[C@@H]1CCC[C@H](C)[C@@H]1C. The molecule has 6 heteroatoms. The van der Waals surface area contributed by atoms with Crippen LogP contribution in [0.1, 0.15) is 70.9 Å². The number of hydrogen-bond acceptors (Lipinski definition) is 3. The lowest BCUT2D eigenvalue weighted by Crippen LogP contribution is -2.65. The Labute approximate surface area is 185 Å². The second kappa shape index (κ2) is 8.29. The van der Waals surface area contributed by atoms with Crippen LogP contribution in [0.2, 0.25) is 0 Å². The Morgan fingerprint density at radius 2 is 2.00 bits per heavy atom. The molecule has 0 bridgehead atoms. The molecule has 168 valence electrons. The average molecular weight is 425 g/mol. The van der Waals surface area contributed by atoms with Crippen molar-refractivity contribution in [3.8, 4) is 0 Å². The Hall–Kier alpha value is -2.37. The van der Waals surface area contributed by atoms with Crippen molar-refractivity contribution in [2.75, 3.05) is 6.54 Å². The third-order valence-corrected chi connectivity index (χ3v) is 7.60. The molecule has 1 aromatic heterocycles. The van der Waals surface area contributed by atoms with Gasteiger partial charge in [0.25, 0.3) is 5.91 Å². The quantitative estimate of drug-likeness (QED) is 0.781. The van der Waals surface area contributed by atoms with Crippen LogP contribution < -0.4 is 5.32 Å². The van der Waals surface area contributed by atoms with Gasteiger partial charge >= 0.3 is 0 Å². The molecule has 2 amide bonds. The number of benzene rings is 1. The lowest BCUT2D eigenvalue weighted by Gasteiger charge is -2.45. The van der Waals surface area contributed by atoms with Gasteiger partial charge in [-0.05, 0) is 49.7 Å². The van der Waals surface area contributed by atoms with E-state index in [1.165, 1.54) is 6.42 Å². The van der Waals surface area contributed by atoms with Gasteiger partial charge in [-0.2, -0.15) is 0 Å². The van der Waals surface area contributed by atoms with Crippen LogP contribution in [0.15, 0.2) is 24.3 Å². The minimum atomic E-state index is -0.942. The summed E-state index contributed by atoms with van der Waals surface area (Å²) in [6.07, 6.45) is 4.21. The van der Waals surface area contributed by atoms with Gasteiger partial charge in [0.15, 0.2) is 5.82 Å². The Balaban J connectivity index is 1.69. The van der Waals surface area contributed by atoms with Crippen LogP contribution >= 0.6 is 0 Å². The Morgan fingerprint density at radius 1 is 1.26 bits per heavy atom. The van der Waals surface area contributed by atoms with Crippen LogP contribution in [0.5, 0.6) is 0 Å². The summed E-state index contributed by atoms with van der Waals surface area (Å²) < 4.78 is 1.94. The van der Waals surface area contributed by atoms with E-state index in [0.29, 0.717) is 36.7 Å². The van der Waals surface area contributed by atoms with E-state index in [0.717, 1.165) is 30.3 Å². The molecule has 2 heterocycles. The third kappa shape index (κ3) is 3.85. The fourth-order valence-electron chi connectivity index (χ4n) is 5.18. The molecular weight excluding hydrogens is 388 g/mol. The minimum Gasteiger partial charge on any atom is -0.351 e. The van der Waals surface area contributed by atoms with Crippen molar-refractivity contribution in [2.24, 2.45) is 17.8 Å². The smallest absolute Gasteiger partial charge is 0.290 e. The van der Waals surface area contributed by atoms with Gasteiger partial charge in [0.05, 0.1) is 17.6 Å². The van der Waals surface area contributed by atoms with Crippen LogP contribution in [0, 0.1) is 17.8 Å². The average Bonchev–Trinajstić information content (AvgIpc) is 3.09. The maximum atomic E-state index is 13.8. The fourth-order valence-corrected chi connectivity index (χ4v) is 5.18. The molecule has 2 aliphatic rings. The molecule has 0 saturated heterocycles. The zero-order chi connectivity index (χ0) is 22.3. The topological polar surface area (TPSA) is 67.2 Å². The number of fused-ring (bicyclic) bond motifs is 3. The van der Waals surface area contributed by atoms with Gasteiger partial charge in [0.2, 0.25) is 5.91 Å². The van der Waals surface area contributed by atoms with Gasteiger partial charge in [0, 0.05) is 12.6 Å². The van der Waals surface area contributed by atoms with Gasteiger partial charge in [-0.1, -0.05) is 52.7 Å². The highest BCUT2D eigenvalue weighted by Gasteiger charge is 2.49. The molecule has 1 N–H and O–H groups in total. The second-order valence-electron chi connectivity index (χ2n) is 10.3. The van der Waals surface area contributed by atoms with Crippen LogP contribution in [0.3, 0.4) is 0 Å². The zero-order valence-corrected chi connectivity index (χ0v) is 19.5. The largest absolute Gasteiger partial charge is 0.351 e. The van der Waals surface area contributed by atoms with E-state index in [1.807, 2.05) is 35.8 Å². The number of rotatable bonds is 5. The van der Waals surface area contributed by atoms with E-state index in [1.54, 1.807) is 4.90 Å². The lowest BCUT2D eigenvalue weighted by atomic mass is 9.77. The number of amides is 2. The van der Waals surface area contributed by atoms with Crippen LogP contribution in [-0.2, 0) is 11.3 Å². The number of carbonyl (C=O) groups is 2. The highest BCUT2D eigenvalue weighted by atomic mass is 16.2. The molecule has 6 nitrogen and oxygen atoms in total. The van der Waals surface area contributed by atoms with Crippen molar-refractivity contribution in [1.29, 1.82) is 0 Å². The number of nitrogens with zero attached hydrogens (tertiary/aromatic N) is 3. The van der Waals surface area contributed by atoms with E-state index in [9.17, 15) is 9.59 Å². The predicted molar refractivity (Wildman–Crippen MR) is 123 cm³/mol. The third-order valence-electron chi connectivity index (χ3n) is 7.60. The molecule has 0 spiro atoms. The molecule has 1 saturated carbocycles. The molecule has 4 atom stereocenters. The number of nitrogens with one attached hydrogen (secondary N) is 1. The number of imidazole rings is 1. The van der Waals surface area contributed by atoms with Crippen LogP contribution in [-0.4, -0.2) is 44.4 Å². The summed E-state index contributed by atoms with van der Waals surface area (Å²) >= 11 is 0. The predicted octanol–water partition coefficient (Wildman–Crippen LogP) is 4.24. The Morgan fingerprint density at radius 3 is 2.74 bits per heavy atom. The maximum absolute atomic E-state index is 13.8. The van der Waals surface area contributed by atoms with Gasteiger partial charge in [0.1, 0.15) is 5.54 Å². The molecule has 0 unspecified atom stereocenters. The highest BCUT2D eigenvalue weighted by molar-refractivity contribution is 6.01. The van der Waals surface area contributed by atoms with E-state index >= 15 is 0 Å². The van der Waals surface area contributed by atoms with Gasteiger partial charge in [-0.3, -0.25) is 9.59 Å². The standard InChI is InChI=1S/C25H36N4O2/c1-16(2)13-14-29-23(30)22-26-20-10-6-7-12-21(20)28(22)15-25(29,5)24(31)27-19-11-8-9-17(3)18(19)4/h6-7,10,12,16-19H,8-9,11,13-15H2,1-5H3,(H,27,31)/t17-,18-,19+,25+/m0/s1. The second-order valence-corrected chi connectivity index (χ2v) is 10.3.